The number of nitrogens with zero attached hydrogens (tertiary/aromatic N) is 1. The highest BCUT2D eigenvalue weighted by Gasteiger charge is 2.24. The normalized spacial score (nSPS) is 10.9. The molecule has 0 radical (unpaired) electrons. The second-order valence-electron chi connectivity index (χ2n) is 6.21. The highest BCUT2D eigenvalue weighted by molar-refractivity contribution is 6.30. The second kappa shape index (κ2) is 6.87. The second-order valence-corrected chi connectivity index (χ2v) is 6.64. The van der Waals surface area contributed by atoms with Crippen molar-refractivity contribution in [2.75, 3.05) is 0 Å². The predicted octanol–water partition coefficient (Wildman–Crippen LogP) is 4.71. The first-order valence-corrected chi connectivity index (χ1v) is 8.82. The van der Waals surface area contributed by atoms with E-state index in [0.29, 0.717) is 16.1 Å². The molecule has 1 heterocycles. The van der Waals surface area contributed by atoms with Crippen LogP contribution in [0.5, 0.6) is 5.75 Å². The zero-order valence-corrected chi connectivity index (χ0v) is 15.2. The minimum Gasteiger partial charge on any atom is -0.507 e. The van der Waals surface area contributed by atoms with E-state index in [-0.39, 0.29) is 33.5 Å². The fourth-order valence-electron chi connectivity index (χ4n) is 3.33. The minimum absolute atomic E-state index is 0.0633. The van der Waals surface area contributed by atoms with E-state index in [2.05, 4.69) is 0 Å². The molecular formula is C22H14ClNO4. The van der Waals surface area contributed by atoms with E-state index in [1.165, 1.54) is 10.6 Å². The number of hydrogen-bond donors (Lipinski definition) is 2. The molecule has 1 aromatic heterocycles. The Morgan fingerprint density at radius 2 is 1.46 bits per heavy atom. The van der Waals surface area contributed by atoms with E-state index in [4.69, 9.17) is 11.6 Å². The molecule has 0 spiro atoms. The molecule has 0 aliphatic carbocycles. The number of carbonyl (C=O) groups is 1. The molecule has 3 aromatic carbocycles. The molecule has 4 rings (SSSR count). The van der Waals surface area contributed by atoms with Crippen LogP contribution in [0.15, 0.2) is 77.6 Å². The number of rotatable bonds is 3. The van der Waals surface area contributed by atoms with Gasteiger partial charge in [0.15, 0.2) is 0 Å². The molecule has 0 fully saturated rings. The highest BCUT2D eigenvalue weighted by Crippen LogP contribution is 2.35. The van der Waals surface area contributed by atoms with Crippen molar-refractivity contribution in [2.24, 2.45) is 0 Å². The maximum Gasteiger partial charge on any atom is 0.338 e. The zero-order chi connectivity index (χ0) is 19.8. The Kier molecular flexibility index (Phi) is 4.37. The molecule has 0 bridgehead atoms. The predicted molar refractivity (Wildman–Crippen MR) is 109 cm³/mol. The number of benzene rings is 3. The number of carboxylic acids is 1. The van der Waals surface area contributed by atoms with Crippen molar-refractivity contribution >= 4 is 28.3 Å². The van der Waals surface area contributed by atoms with Gasteiger partial charge in [-0.05, 0) is 42.5 Å². The summed E-state index contributed by atoms with van der Waals surface area (Å²) in [6, 6.07) is 19.4. The van der Waals surface area contributed by atoms with Crippen molar-refractivity contribution < 1.29 is 15.0 Å². The number of hydrogen-bond acceptors (Lipinski definition) is 3. The van der Waals surface area contributed by atoms with Crippen LogP contribution in [0.25, 0.3) is 27.7 Å². The Balaban J connectivity index is 2.27. The quantitative estimate of drug-likeness (QED) is 0.529. The van der Waals surface area contributed by atoms with Crippen LogP contribution >= 0.6 is 11.6 Å². The van der Waals surface area contributed by atoms with Gasteiger partial charge in [0.05, 0.1) is 11.3 Å². The van der Waals surface area contributed by atoms with Crippen LogP contribution < -0.4 is 5.56 Å². The van der Waals surface area contributed by atoms with Gasteiger partial charge in [-0.15, -0.1) is 0 Å². The molecule has 6 heteroatoms. The molecule has 0 unspecified atom stereocenters. The number of carboxylic acid groups (broad SMARTS) is 1. The Morgan fingerprint density at radius 3 is 2.11 bits per heavy atom. The van der Waals surface area contributed by atoms with Gasteiger partial charge >= 0.3 is 5.97 Å². The molecule has 4 aromatic rings. The maximum atomic E-state index is 13.3. The summed E-state index contributed by atoms with van der Waals surface area (Å²) in [4.78, 5) is 25.6. The van der Waals surface area contributed by atoms with E-state index in [0.717, 1.165) is 0 Å². The molecule has 5 nitrogen and oxygen atoms in total. The Bertz CT molecular complexity index is 1280. The summed E-state index contributed by atoms with van der Waals surface area (Å²) < 4.78 is 1.30. The van der Waals surface area contributed by atoms with Crippen LogP contribution in [-0.2, 0) is 0 Å². The van der Waals surface area contributed by atoms with Gasteiger partial charge in [-0.3, -0.25) is 9.36 Å². The molecule has 0 saturated heterocycles. The maximum absolute atomic E-state index is 13.3. The zero-order valence-electron chi connectivity index (χ0n) is 14.5. The van der Waals surface area contributed by atoms with Gasteiger partial charge < -0.3 is 10.2 Å². The molecular weight excluding hydrogens is 378 g/mol. The number of aromatic nitrogens is 1. The first-order chi connectivity index (χ1) is 13.5. The summed E-state index contributed by atoms with van der Waals surface area (Å²) in [5.74, 6) is -1.32. The van der Waals surface area contributed by atoms with Crippen LogP contribution in [0.1, 0.15) is 10.4 Å². The summed E-state index contributed by atoms with van der Waals surface area (Å²) in [6.45, 7) is 0. The standard InChI is InChI=1S/C22H14ClNO4/c23-13-9-11-14(12-10-13)24-20(17-7-3-4-8-18(17)25)19(22(27)28)15-5-1-2-6-16(15)21(24)26/h1-12,25H,(H,27,28). The van der Waals surface area contributed by atoms with Crippen LogP contribution in [0.4, 0.5) is 0 Å². The molecule has 28 heavy (non-hydrogen) atoms. The number of halogens is 1. The smallest absolute Gasteiger partial charge is 0.338 e. The van der Waals surface area contributed by atoms with Crippen LogP contribution in [0.2, 0.25) is 5.02 Å². The van der Waals surface area contributed by atoms with Crippen molar-refractivity contribution in [1.82, 2.24) is 4.57 Å². The Morgan fingerprint density at radius 1 is 0.857 bits per heavy atom. The van der Waals surface area contributed by atoms with Gasteiger partial charge in [-0.25, -0.2) is 4.79 Å². The SMILES string of the molecule is O=C(O)c1c(-c2ccccc2O)n(-c2ccc(Cl)cc2)c(=O)c2ccccc12. The Labute approximate surface area is 164 Å². The molecule has 0 amide bonds. The van der Waals surface area contributed by atoms with Gasteiger partial charge in [0.2, 0.25) is 0 Å². The average Bonchev–Trinajstić information content (AvgIpc) is 2.69. The number of phenols is 1. The number of fused-ring (bicyclic) bond motifs is 1. The monoisotopic (exact) mass is 391 g/mol. The lowest BCUT2D eigenvalue weighted by atomic mass is 9.98. The largest absolute Gasteiger partial charge is 0.507 e. The molecule has 0 atom stereocenters. The van der Waals surface area contributed by atoms with Crippen molar-refractivity contribution in [3.63, 3.8) is 0 Å². The summed E-state index contributed by atoms with van der Waals surface area (Å²) in [6.07, 6.45) is 0. The van der Waals surface area contributed by atoms with Crippen molar-refractivity contribution in [1.29, 1.82) is 0 Å². The molecule has 2 N–H and O–H groups in total. The first-order valence-electron chi connectivity index (χ1n) is 8.44. The summed E-state index contributed by atoms with van der Waals surface area (Å²) in [5, 5.41) is 21.5. The van der Waals surface area contributed by atoms with Gasteiger partial charge in [-0.1, -0.05) is 41.9 Å². The third-order valence-electron chi connectivity index (χ3n) is 4.55. The van der Waals surface area contributed by atoms with Crippen molar-refractivity contribution in [3.8, 4) is 22.7 Å². The highest BCUT2D eigenvalue weighted by atomic mass is 35.5. The summed E-state index contributed by atoms with van der Waals surface area (Å²) in [7, 11) is 0. The third-order valence-corrected chi connectivity index (χ3v) is 4.80. The topological polar surface area (TPSA) is 79.5 Å². The average molecular weight is 392 g/mol. The van der Waals surface area contributed by atoms with Crippen LogP contribution in [0.3, 0.4) is 0 Å². The van der Waals surface area contributed by atoms with Gasteiger partial charge in [-0.2, -0.15) is 0 Å². The molecule has 0 aliphatic heterocycles. The van der Waals surface area contributed by atoms with Crippen molar-refractivity contribution in [2.45, 2.75) is 0 Å². The van der Waals surface area contributed by atoms with E-state index in [9.17, 15) is 19.8 Å². The summed E-state index contributed by atoms with van der Waals surface area (Å²) in [5.41, 5.74) is 0.350. The number of aromatic carboxylic acids is 1. The summed E-state index contributed by atoms with van der Waals surface area (Å²) >= 11 is 5.98. The number of para-hydroxylation sites is 1. The number of phenolic OH excluding ortho intramolecular Hbond substituents is 1. The van der Waals surface area contributed by atoms with Gasteiger partial charge in [0.25, 0.3) is 5.56 Å². The minimum atomic E-state index is -1.20. The fraction of sp³-hybridized carbons (Fsp3) is 0. The van der Waals surface area contributed by atoms with E-state index >= 15 is 0 Å². The third kappa shape index (κ3) is 2.82. The van der Waals surface area contributed by atoms with E-state index in [1.54, 1.807) is 66.7 Å². The van der Waals surface area contributed by atoms with Crippen LogP contribution in [-0.4, -0.2) is 20.7 Å². The lowest BCUT2D eigenvalue weighted by Crippen LogP contribution is -2.24. The fourth-order valence-corrected chi connectivity index (χ4v) is 3.46. The van der Waals surface area contributed by atoms with Crippen LogP contribution in [0, 0.1) is 0 Å². The lowest BCUT2D eigenvalue weighted by molar-refractivity contribution is 0.0699. The van der Waals surface area contributed by atoms with E-state index in [1.807, 2.05) is 0 Å². The van der Waals surface area contributed by atoms with E-state index < -0.39 is 5.97 Å². The van der Waals surface area contributed by atoms with Crippen molar-refractivity contribution in [3.05, 3.63) is 93.7 Å². The lowest BCUT2D eigenvalue weighted by Gasteiger charge is -2.19. The van der Waals surface area contributed by atoms with Gasteiger partial charge in [0, 0.05) is 27.0 Å². The molecule has 138 valence electrons. The Hall–Kier alpha value is -3.57. The van der Waals surface area contributed by atoms with Gasteiger partial charge in [0.1, 0.15) is 5.75 Å². The number of aromatic hydroxyl groups is 1. The first kappa shape index (κ1) is 17.8. The number of pyridine rings is 1. The molecule has 0 aliphatic rings. The molecule has 0 saturated carbocycles.